The predicted octanol–water partition coefficient (Wildman–Crippen LogP) is 5.21. The van der Waals surface area contributed by atoms with Crippen molar-refractivity contribution in [3.05, 3.63) is 113 Å². The van der Waals surface area contributed by atoms with Crippen molar-refractivity contribution in [2.45, 2.75) is 19.3 Å². The fourth-order valence-electron chi connectivity index (χ4n) is 3.40. The van der Waals surface area contributed by atoms with E-state index in [9.17, 15) is 4.91 Å². The zero-order valence-electron chi connectivity index (χ0n) is 15.7. The summed E-state index contributed by atoms with van der Waals surface area (Å²) in [7, 11) is 0. The van der Waals surface area contributed by atoms with Crippen LogP contribution in [0.5, 0.6) is 0 Å². The molecule has 0 heterocycles. The van der Waals surface area contributed by atoms with Crippen molar-refractivity contribution in [3.63, 3.8) is 0 Å². The predicted molar refractivity (Wildman–Crippen MR) is 111 cm³/mol. The number of quaternary nitrogens is 1. The monoisotopic (exact) mass is 359 g/mol. The third-order valence-corrected chi connectivity index (χ3v) is 5.15. The quantitative estimate of drug-likeness (QED) is 0.277. The van der Waals surface area contributed by atoms with Crippen LogP contribution in [-0.2, 0) is 19.3 Å². The molecule has 0 aromatic heterocycles. The van der Waals surface area contributed by atoms with Gasteiger partial charge in [0.2, 0.25) is 0 Å². The van der Waals surface area contributed by atoms with E-state index >= 15 is 0 Å². The second kappa shape index (κ2) is 9.79. The normalized spacial score (nSPS) is 11.3. The van der Waals surface area contributed by atoms with Crippen LogP contribution in [0, 0.1) is 4.91 Å². The minimum atomic E-state index is 0.249. The van der Waals surface area contributed by atoms with Gasteiger partial charge in [0.1, 0.15) is 19.6 Å². The van der Waals surface area contributed by atoms with Crippen molar-refractivity contribution in [1.29, 1.82) is 0 Å². The topological polar surface area (TPSA) is 29.4 Å². The van der Waals surface area contributed by atoms with Gasteiger partial charge >= 0.3 is 0 Å². The molecule has 3 aromatic carbocycles. The van der Waals surface area contributed by atoms with Gasteiger partial charge in [0, 0.05) is 19.3 Å². The molecule has 0 aliphatic heterocycles. The molecule has 0 saturated heterocycles. The van der Waals surface area contributed by atoms with Gasteiger partial charge < -0.3 is 0 Å². The molecule has 0 aliphatic rings. The van der Waals surface area contributed by atoms with E-state index in [1.807, 2.05) is 54.6 Å². The Bertz CT molecular complexity index is 697. The van der Waals surface area contributed by atoms with Crippen molar-refractivity contribution in [3.8, 4) is 0 Å². The molecule has 0 unspecified atom stereocenters. The molecule has 0 aliphatic carbocycles. The summed E-state index contributed by atoms with van der Waals surface area (Å²) in [5.41, 5.74) is 3.76. The van der Waals surface area contributed by atoms with Crippen LogP contribution in [0.1, 0.15) is 16.7 Å². The van der Waals surface area contributed by atoms with Gasteiger partial charge in [0.05, 0.1) is 0 Å². The van der Waals surface area contributed by atoms with Crippen LogP contribution in [0.4, 0.5) is 0 Å². The van der Waals surface area contributed by atoms with Crippen molar-refractivity contribution >= 4 is 0 Å². The third kappa shape index (κ3) is 5.87. The number of hydrogen-bond donors (Lipinski definition) is 0. The van der Waals surface area contributed by atoms with Crippen molar-refractivity contribution in [1.82, 2.24) is 0 Å². The van der Waals surface area contributed by atoms with Gasteiger partial charge in [-0.1, -0.05) is 95.9 Å². The van der Waals surface area contributed by atoms with Crippen LogP contribution in [-0.4, -0.2) is 24.2 Å². The minimum absolute atomic E-state index is 0.249. The van der Waals surface area contributed by atoms with Gasteiger partial charge in [-0.25, -0.2) is 0 Å². The molecule has 138 valence electrons. The Hall–Kier alpha value is -2.78. The maximum absolute atomic E-state index is 12.0. The lowest BCUT2D eigenvalue weighted by Crippen LogP contribution is -2.47. The minimum Gasteiger partial charge on any atom is -0.160 e. The molecule has 3 aromatic rings. The first-order chi connectivity index (χ1) is 13.3. The summed E-state index contributed by atoms with van der Waals surface area (Å²) < 4.78 is 0.249. The van der Waals surface area contributed by atoms with Gasteiger partial charge in [-0.05, 0) is 16.7 Å². The summed E-state index contributed by atoms with van der Waals surface area (Å²) in [6, 6.07) is 31.1. The summed E-state index contributed by atoms with van der Waals surface area (Å²) in [4.78, 5) is 12.0. The molecule has 0 fully saturated rings. The molecule has 3 rings (SSSR count). The van der Waals surface area contributed by atoms with E-state index in [4.69, 9.17) is 0 Å². The van der Waals surface area contributed by atoms with Gasteiger partial charge in [-0.15, -0.1) is 0 Å². The lowest BCUT2D eigenvalue weighted by atomic mass is 10.1. The Labute approximate surface area is 161 Å². The fourth-order valence-corrected chi connectivity index (χ4v) is 3.40. The summed E-state index contributed by atoms with van der Waals surface area (Å²) in [5, 5.41) is 3.65. The molecule has 27 heavy (non-hydrogen) atoms. The highest BCUT2D eigenvalue weighted by Gasteiger charge is 2.29. The average molecular weight is 359 g/mol. The van der Waals surface area contributed by atoms with Crippen LogP contribution < -0.4 is 0 Å². The van der Waals surface area contributed by atoms with Crippen molar-refractivity contribution in [2.75, 3.05) is 19.6 Å². The molecule has 0 saturated carbocycles. The number of hydrogen-bond acceptors (Lipinski definition) is 2. The third-order valence-electron chi connectivity index (χ3n) is 5.15. The maximum Gasteiger partial charge on any atom is 0.153 e. The van der Waals surface area contributed by atoms with Crippen LogP contribution in [0.2, 0.25) is 0 Å². The van der Waals surface area contributed by atoms with Crippen LogP contribution in [0.3, 0.4) is 0 Å². The summed E-state index contributed by atoms with van der Waals surface area (Å²) in [5.74, 6) is 0. The Morgan fingerprint density at radius 3 is 1.07 bits per heavy atom. The first-order valence-electron chi connectivity index (χ1n) is 9.62. The van der Waals surface area contributed by atoms with Gasteiger partial charge in [-0.3, -0.25) is 0 Å². The van der Waals surface area contributed by atoms with E-state index in [-0.39, 0.29) is 4.59 Å². The molecular formula is C24H27N2O+. The average Bonchev–Trinajstić information content (AvgIpc) is 2.76. The van der Waals surface area contributed by atoms with Crippen molar-refractivity contribution in [2.24, 2.45) is 5.29 Å². The number of nitroso groups, excluding NO2 is 1. The SMILES string of the molecule is O=N[N+](CCc1ccccc1)(CCc1ccccc1)CCc1ccccc1. The molecule has 0 bridgehead atoms. The van der Waals surface area contributed by atoms with Crippen molar-refractivity contribution < 1.29 is 4.59 Å². The molecule has 3 heteroatoms. The highest BCUT2D eigenvalue weighted by Crippen LogP contribution is 2.16. The molecular weight excluding hydrogens is 332 g/mol. The van der Waals surface area contributed by atoms with Gasteiger partial charge in [0.15, 0.2) is 5.29 Å². The number of rotatable bonds is 10. The first-order valence-corrected chi connectivity index (χ1v) is 9.62. The molecule has 0 spiro atoms. The van der Waals surface area contributed by atoms with E-state index in [1.54, 1.807) is 0 Å². The molecule has 0 N–H and O–H groups in total. The Balaban J connectivity index is 1.71. The number of nitrogens with zero attached hydrogens (tertiary/aromatic N) is 2. The fraction of sp³-hybridized carbons (Fsp3) is 0.250. The van der Waals surface area contributed by atoms with E-state index in [0.717, 1.165) is 38.9 Å². The Kier molecular flexibility index (Phi) is 6.89. The van der Waals surface area contributed by atoms with Crippen LogP contribution in [0.25, 0.3) is 0 Å². The molecule has 3 nitrogen and oxygen atoms in total. The second-order valence-corrected chi connectivity index (χ2v) is 7.05. The lowest BCUT2D eigenvalue weighted by Gasteiger charge is -2.29. The Morgan fingerprint density at radius 1 is 0.519 bits per heavy atom. The number of benzene rings is 3. The first kappa shape index (κ1) is 19.0. The molecule has 0 radical (unpaired) electrons. The van der Waals surface area contributed by atoms with E-state index in [0.29, 0.717) is 0 Å². The smallest absolute Gasteiger partial charge is 0.153 e. The largest absolute Gasteiger partial charge is 0.160 e. The molecule has 0 amide bonds. The highest BCUT2D eigenvalue weighted by atomic mass is 16.3. The summed E-state index contributed by atoms with van der Waals surface area (Å²) in [6.07, 6.45) is 2.57. The van der Waals surface area contributed by atoms with E-state index in [2.05, 4.69) is 41.7 Å². The van der Waals surface area contributed by atoms with Gasteiger partial charge in [0.25, 0.3) is 0 Å². The summed E-state index contributed by atoms with van der Waals surface area (Å²) in [6.45, 7) is 2.19. The zero-order valence-corrected chi connectivity index (χ0v) is 15.7. The van der Waals surface area contributed by atoms with E-state index < -0.39 is 0 Å². The highest BCUT2D eigenvalue weighted by molar-refractivity contribution is 5.16. The zero-order chi connectivity index (χ0) is 18.8. The second-order valence-electron chi connectivity index (χ2n) is 7.05. The van der Waals surface area contributed by atoms with E-state index in [1.165, 1.54) is 16.7 Å². The van der Waals surface area contributed by atoms with Crippen LogP contribution in [0.15, 0.2) is 96.3 Å². The summed E-state index contributed by atoms with van der Waals surface area (Å²) >= 11 is 0. The molecule has 0 atom stereocenters. The maximum atomic E-state index is 12.0. The lowest BCUT2D eigenvalue weighted by molar-refractivity contribution is -0.935. The standard InChI is InChI=1S/C24H27N2O/c27-25-26(19-16-22-10-4-1-5-11-22,20-17-23-12-6-2-7-13-23)21-18-24-14-8-3-9-15-24/h1-15H,16-21H2/q+1. The van der Waals surface area contributed by atoms with Crippen LogP contribution >= 0.6 is 0 Å². The van der Waals surface area contributed by atoms with Gasteiger partial charge in [-0.2, -0.15) is 4.59 Å². The Morgan fingerprint density at radius 2 is 0.815 bits per heavy atom.